The minimum atomic E-state index is -0.858. The number of benzene rings is 3. The number of aliphatic hydroxyl groups excluding tert-OH is 2. The van der Waals surface area contributed by atoms with Gasteiger partial charge in [-0.2, -0.15) is 0 Å². The van der Waals surface area contributed by atoms with Gasteiger partial charge in [-0.25, -0.2) is 0 Å². The molecule has 218 valence electrons. The number of carbonyl (C=O) groups excluding carboxylic acids is 2. The van der Waals surface area contributed by atoms with Crippen molar-refractivity contribution in [2.24, 2.45) is 0 Å². The van der Waals surface area contributed by atoms with Gasteiger partial charge >= 0.3 is 0 Å². The molecule has 4 aromatic rings. The van der Waals surface area contributed by atoms with Crippen molar-refractivity contribution in [3.05, 3.63) is 94.1 Å². The van der Waals surface area contributed by atoms with Crippen LogP contribution in [-0.4, -0.2) is 53.7 Å². The smallest absolute Gasteiger partial charge is 0.216 e. The summed E-state index contributed by atoms with van der Waals surface area (Å²) in [6.45, 7) is 6.76. The van der Waals surface area contributed by atoms with E-state index in [0.29, 0.717) is 36.8 Å². The van der Waals surface area contributed by atoms with E-state index in [0.717, 1.165) is 39.8 Å². The fraction of sp³-hybridized carbons (Fsp3) is 0.312. The summed E-state index contributed by atoms with van der Waals surface area (Å²) in [7, 11) is 0. The highest BCUT2D eigenvalue weighted by atomic mass is 35.5. The zero-order chi connectivity index (χ0) is 29.8. The maximum Gasteiger partial charge on any atom is 0.216 e. The Morgan fingerprint density at radius 1 is 1.05 bits per heavy atom. The predicted molar refractivity (Wildman–Crippen MR) is 164 cm³/mol. The van der Waals surface area contributed by atoms with Crippen LogP contribution in [0.15, 0.2) is 66.7 Å². The van der Waals surface area contributed by atoms with Crippen LogP contribution in [0.4, 0.5) is 5.69 Å². The molecule has 0 spiro atoms. The second-order valence-corrected chi connectivity index (χ2v) is 10.1. The van der Waals surface area contributed by atoms with Gasteiger partial charge in [-0.1, -0.05) is 42.8 Å². The number of hydrogen-bond acceptors (Lipinski definition) is 6. The molecule has 0 saturated carbocycles. The lowest BCUT2D eigenvalue weighted by atomic mass is 10.00. The van der Waals surface area contributed by atoms with Crippen molar-refractivity contribution in [2.75, 3.05) is 25.0 Å². The van der Waals surface area contributed by atoms with E-state index in [4.69, 9.17) is 21.1 Å². The maximum absolute atomic E-state index is 11.4. The Balaban J connectivity index is 0.00000226. The first-order chi connectivity index (χ1) is 19.8. The molecular weight excluding hydrogens is 542 g/mol. The quantitative estimate of drug-likeness (QED) is 0.148. The molecular formula is C32H38ClN3O5. The summed E-state index contributed by atoms with van der Waals surface area (Å²) in [4.78, 5) is 22.4. The Kier molecular flexibility index (Phi) is 12.2. The van der Waals surface area contributed by atoms with Gasteiger partial charge in [0.15, 0.2) is 0 Å². The molecule has 0 bridgehead atoms. The number of aromatic amines is 1. The topological polar surface area (TPSA) is 124 Å². The summed E-state index contributed by atoms with van der Waals surface area (Å²) in [6.07, 6.45) is 0.568. The molecule has 41 heavy (non-hydrogen) atoms. The molecule has 0 fully saturated rings. The van der Waals surface area contributed by atoms with Crippen molar-refractivity contribution in [3.63, 3.8) is 0 Å². The molecule has 1 aromatic heterocycles. The maximum atomic E-state index is 11.4. The first-order valence-electron chi connectivity index (χ1n) is 13.6. The van der Waals surface area contributed by atoms with Gasteiger partial charge in [-0.3, -0.25) is 4.79 Å². The summed E-state index contributed by atoms with van der Waals surface area (Å²) in [5, 5.41) is 29.0. The van der Waals surface area contributed by atoms with Crippen LogP contribution in [0.25, 0.3) is 10.9 Å². The van der Waals surface area contributed by atoms with Gasteiger partial charge in [-0.15, -0.1) is 0 Å². The summed E-state index contributed by atoms with van der Waals surface area (Å²) >= 11 is 6.32. The number of rotatable bonds is 13. The second kappa shape index (κ2) is 15.8. The van der Waals surface area contributed by atoms with Crippen molar-refractivity contribution in [1.29, 1.82) is 0 Å². The van der Waals surface area contributed by atoms with E-state index in [1.165, 1.54) is 12.5 Å². The lowest BCUT2D eigenvalue weighted by Crippen LogP contribution is -2.31. The van der Waals surface area contributed by atoms with Crippen LogP contribution < -0.4 is 15.4 Å². The fourth-order valence-corrected chi connectivity index (χ4v) is 4.70. The third kappa shape index (κ3) is 9.08. The van der Waals surface area contributed by atoms with E-state index >= 15 is 0 Å². The number of H-pyrrole nitrogens is 1. The minimum absolute atomic E-state index is 0.178. The summed E-state index contributed by atoms with van der Waals surface area (Å²) in [6, 6.07) is 21.4. The summed E-state index contributed by atoms with van der Waals surface area (Å²) in [5.74, 6) is 0.461. The number of aryl methyl sites for hydroxylation is 1. The average molecular weight is 580 g/mol. The van der Waals surface area contributed by atoms with E-state index in [1.807, 2.05) is 37.1 Å². The van der Waals surface area contributed by atoms with Gasteiger partial charge in [-0.05, 0) is 72.0 Å². The number of carbonyl (C=O) groups is 2. The van der Waals surface area contributed by atoms with Gasteiger partial charge in [0.2, 0.25) is 5.91 Å². The van der Waals surface area contributed by atoms with E-state index in [9.17, 15) is 15.0 Å². The van der Waals surface area contributed by atoms with Crippen molar-refractivity contribution in [2.45, 2.75) is 45.3 Å². The number of halogens is 1. The second-order valence-electron chi connectivity index (χ2n) is 9.63. The van der Waals surface area contributed by atoms with Gasteiger partial charge in [0.1, 0.15) is 18.6 Å². The first-order valence-corrected chi connectivity index (χ1v) is 14.0. The Morgan fingerprint density at radius 3 is 2.41 bits per heavy atom. The number of aromatic nitrogens is 1. The standard InChI is InChI=1S/C31H36ClN3O4.CH2O/c1-3-21-4-9-24(10-5-21)33-16-14-27-28-18-23(32)8-13-29(28)35-30(27)31(38)22-6-11-26(12-7-22)39-17-15-25(37)19-34-20(2)36;1-2/h4-13,18,25,31,33,35,37-38H,3,14-17,19H2,1-2H3,(H,34,36);1H2. The Hall–Kier alpha value is -3.85. The molecule has 1 amide bonds. The van der Waals surface area contributed by atoms with Crippen molar-refractivity contribution in [3.8, 4) is 5.75 Å². The largest absolute Gasteiger partial charge is 0.493 e. The third-order valence-corrected chi connectivity index (χ3v) is 6.98. The zero-order valence-electron chi connectivity index (χ0n) is 23.5. The predicted octanol–water partition coefficient (Wildman–Crippen LogP) is 5.20. The number of nitrogens with one attached hydrogen (secondary N) is 3. The molecule has 8 nitrogen and oxygen atoms in total. The van der Waals surface area contributed by atoms with Gasteiger partial charge in [0.25, 0.3) is 0 Å². The number of fused-ring (bicyclic) bond motifs is 1. The molecule has 5 N–H and O–H groups in total. The van der Waals surface area contributed by atoms with Gasteiger partial charge in [0, 0.05) is 48.0 Å². The van der Waals surface area contributed by atoms with E-state index < -0.39 is 12.2 Å². The number of hydrogen-bond donors (Lipinski definition) is 5. The van der Waals surface area contributed by atoms with Crippen molar-refractivity contribution < 1.29 is 24.5 Å². The molecule has 9 heteroatoms. The van der Waals surface area contributed by atoms with Crippen LogP contribution in [0.1, 0.15) is 48.8 Å². The number of aliphatic hydroxyl groups is 2. The molecule has 1 heterocycles. The van der Waals surface area contributed by atoms with Crippen LogP contribution in [0.3, 0.4) is 0 Å². The van der Waals surface area contributed by atoms with Gasteiger partial charge < -0.3 is 35.4 Å². The van der Waals surface area contributed by atoms with Crippen LogP contribution in [0, 0.1) is 0 Å². The fourth-order valence-electron chi connectivity index (χ4n) is 4.52. The zero-order valence-corrected chi connectivity index (χ0v) is 24.2. The van der Waals surface area contributed by atoms with Crippen LogP contribution in [0.5, 0.6) is 5.75 Å². The van der Waals surface area contributed by atoms with E-state index in [1.54, 1.807) is 12.1 Å². The molecule has 3 aromatic carbocycles. The number of anilines is 1. The Morgan fingerprint density at radius 2 is 1.76 bits per heavy atom. The number of amides is 1. The number of ether oxygens (including phenoxy) is 1. The average Bonchev–Trinajstić information content (AvgIpc) is 3.35. The Labute approximate surface area is 245 Å². The molecule has 0 aliphatic carbocycles. The molecule has 2 unspecified atom stereocenters. The minimum Gasteiger partial charge on any atom is -0.493 e. The van der Waals surface area contributed by atoms with Crippen molar-refractivity contribution in [1.82, 2.24) is 10.3 Å². The molecule has 0 saturated heterocycles. The van der Waals surface area contributed by atoms with Crippen LogP contribution >= 0.6 is 11.6 Å². The molecule has 0 radical (unpaired) electrons. The lowest BCUT2D eigenvalue weighted by Gasteiger charge is -2.15. The monoisotopic (exact) mass is 579 g/mol. The Bertz CT molecular complexity index is 1390. The SMILES string of the molecule is C=O.CCc1ccc(NCCc2c(C(O)c3ccc(OCCC(O)CNC(C)=O)cc3)[nH]c3ccc(Cl)cc23)cc1. The molecule has 0 aliphatic heterocycles. The van der Waals surface area contributed by atoms with Crippen LogP contribution in [0.2, 0.25) is 5.02 Å². The molecule has 4 rings (SSSR count). The highest BCUT2D eigenvalue weighted by molar-refractivity contribution is 6.31. The lowest BCUT2D eigenvalue weighted by molar-refractivity contribution is -0.119. The van der Waals surface area contributed by atoms with Gasteiger partial charge in [0.05, 0.1) is 18.4 Å². The normalized spacial score (nSPS) is 12.2. The summed E-state index contributed by atoms with van der Waals surface area (Å²) < 4.78 is 5.73. The summed E-state index contributed by atoms with van der Waals surface area (Å²) in [5.41, 5.74) is 5.78. The highest BCUT2D eigenvalue weighted by Gasteiger charge is 2.20. The van der Waals surface area contributed by atoms with E-state index in [-0.39, 0.29) is 12.5 Å². The molecule has 0 aliphatic rings. The van der Waals surface area contributed by atoms with E-state index in [2.05, 4.69) is 46.8 Å². The highest BCUT2D eigenvalue weighted by Crippen LogP contribution is 2.33. The molecule has 2 atom stereocenters. The van der Waals surface area contributed by atoms with Crippen LogP contribution in [-0.2, 0) is 22.4 Å². The third-order valence-electron chi connectivity index (χ3n) is 6.74. The van der Waals surface area contributed by atoms with Crippen molar-refractivity contribution >= 4 is 40.9 Å². The first kappa shape index (κ1) is 31.7.